The molecule has 4 heterocycles. The Morgan fingerprint density at radius 2 is 2.30 bits per heavy atom. The van der Waals surface area contributed by atoms with Crippen molar-refractivity contribution >= 4 is 50.8 Å². The molecule has 2 unspecified atom stereocenters. The molecule has 0 aromatic carbocycles. The highest BCUT2D eigenvalue weighted by Gasteiger charge is 2.34. The van der Waals surface area contributed by atoms with Gasteiger partial charge in [-0.1, -0.05) is 13.5 Å². The van der Waals surface area contributed by atoms with Crippen molar-refractivity contribution in [2.75, 3.05) is 23.3 Å². The van der Waals surface area contributed by atoms with Crippen molar-refractivity contribution in [3.8, 4) is 0 Å². The van der Waals surface area contributed by atoms with E-state index in [-0.39, 0.29) is 29.9 Å². The number of pyridine rings is 1. The molecule has 2 aromatic rings. The van der Waals surface area contributed by atoms with Gasteiger partial charge in [0.2, 0.25) is 5.91 Å². The Morgan fingerprint density at radius 3 is 3.03 bits per heavy atom. The SMILES string of the molecule is C=CC(=O)N1CCCC(NC(=O)c2sc3nccc4c3c2NC(=O)N4C(C)CC)C1. The van der Waals surface area contributed by atoms with E-state index in [1.807, 2.05) is 19.9 Å². The van der Waals surface area contributed by atoms with Gasteiger partial charge in [0.1, 0.15) is 9.71 Å². The standard InChI is InChI=1S/C21H25N5O3S/c1-4-12(3)26-14-8-9-22-20-16(14)17(24-21(26)29)18(30-20)19(28)23-13-7-6-10-25(11-13)15(27)5-2/h5,8-9,12-13H,2,4,6-7,10-11H2,1,3H3,(H,23,28)(H,24,29). The molecule has 2 aliphatic heterocycles. The molecular weight excluding hydrogens is 402 g/mol. The Labute approximate surface area is 178 Å². The maximum absolute atomic E-state index is 13.1. The van der Waals surface area contributed by atoms with Gasteiger partial charge in [-0.25, -0.2) is 9.78 Å². The third-order valence-corrected chi connectivity index (χ3v) is 6.86. The molecule has 0 aliphatic carbocycles. The number of nitrogens with zero attached hydrogens (tertiary/aromatic N) is 3. The molecule has 0 radical (unpaired) electrons. The monoisotopic (exact) mass is 427 g/mol. The minimum absolute atomic E-state index is 0.0246. The van der Waals surface area contributed by atoms with Crippen LogP contribution >= 0.6 is 11.3 Å². The minimum Gasteiger partial charge on any atom is -0.347 e. The average Bonchev–Trinajstić information content (AvgIpc) is 3.12. The predicted molar refractivity (Wildman–Crippen MR) is 118 cm³/mol. The Morgan fingerprint density at radius 1 is 1.50 bits per heavy atom. The smallest absolute Gasteiger partial charge is 0.326 e. The highest BCUT2D eigenvalue weighted by atomic mass is 32.1. The molecule has 30 heavy (non-hydrogen) atoms. The van der Waals surface area contributed by atoms with E-state index in [1.165, 1.54) is 17.4 Å². The number of thiophene rings is 1. The molecule has 1 saturated heterocycles. The molecule has 0 saturated carbocycles. The van der Waals surface area contributed by atoms with Crippen LogP contribution in [0.1, 0.15) is 42.8 Å². The number of urea groups is 1. The molecule has 0 bridgehead atoms. The lowest BCUT2D eigenvalue weighted by Gasteiger charge is -2.33. The zero-order valence-electron chi connectivity index (χ0n) is 17.1. The van der Waals surface area contributed by atoms with Crippen LogP contribution in [0.3, 0.4) is 0 Å². The summed E-state index contributed by atoms with van der Waals surface area (Å²) in [7, 11) is 0. The van der Waals surface area contributed by atoms with Crippen molar-refractivity contribution in [1.82, 2.24) is 15.2 Å². The maximum Gasteiger partial charge on any atom is 0.326 e. The molecule has 2 aromatic heterocycles. The zero-order valence-corrected chi connectivity index (χ0v) is 17.9. The largest absolute Gasteiger partial charge is 0.347 e. The lowest BCUT2D eigenvalue weighted by atomic mass is 10.1. The Hall–Kier alpha value is -2.94. The molecule has 9 heteroatoms. The van der Waals surface area contributed by atoms with E-state index >= 15 is 0 Å². The summed E-state index contributed by atoms with van der Waals surface area (Å²) in [6.07, 6.45) is 5.39. The van der Waals surface area contributed by atoms with E-state index in [9.17, 15) is 14.4 Å². The topological polar surface area (TPSA) is 94.6 Å². The molecule has 1 fully saturated rings. The van der Waals surface area contributed by atoms with Gasteiger partial charge < -0.3 is 15.5 Å². The molecular formula is C21H25N5O3S. The number of nitrogens with one attached hydrogen (secondary N) is 2. The Balaban J connectivity index is 1.63. The normalized spacial score (nSPS) is 19.4. The fraction of sp³-hybridized carbons (Fsp3) is 0.429. The van der Waals surface area contributed by atoms with E-state index in [2.05, 4.69) is 22.2 Å². The number of anilines is 2. The second kappa shape index (κ2) is 8.06. The molecule has 2 atom stereocenters. The number of amides is 4. The third-order valence-electron chi connectivity index (χ3n) is 5.76. The number of carbonyl (C=O) groups is 3. The first-order chi connectivity index (χ1) is 14.4. The minimum atomic E-state index is -0.255. The van der Waals surface area contributed by atoms with Gasteiger partial charge >= 0.3 is 6.03 Å². The van der Waals surface area contributed by atoms with Crippen molar-refractivity contribution < 1.29 is 14.4 Å². The Bertz CT molecular complexity index is 1030. The first-order valence-electron chi connectivity index (χ1n) is 10.2. The van der Waals surface area contributed by atoms with Gasteiger partial charge in [0.15, 0.2) is 0 Å². The van der Waals surface area contributed by atoms with E-state index in [4.69, 9.17) is 0 Å². The molecule has 8 nitrogen and oxygen atoms in total. The van der Waals surface area contributed by atoms with Crippen LogP contribution in [-0.4, -0.2) is 52.9 Å². The van der Waals surface area contributed by atoms with Gasteiger partial charge in [-0.2, -0.15) is 0 Å². The highest BCUT2D eigenvalue weighted by Crippen LogP contribution is 2.44. The van der Waals surface area contributed by atoms with Gasteiger partial charge in [-0.05, 0) is 38.3 Å². The van der Waals surface area contributed by atoms with Crippen molar-refractivity contribution in [2.45, 2.75) is 45.2 Å². The molecule has 0 spiro atoms. The van der Waals surface area contributed by atoms with Crippen LogP contribution in [0.5, 0.6) is 0 Å². The van der Waals surface area contributed by atoms with Gasteiger partial charge in [0.05, 0.1) is 16.8 Å². The summed E-state index contributed by atoms with van der Waals surface area (Å²) in [5.74, 6) is -0.383. The Kier molecular flexibility index (Phi) is 5.46. The predicted octanol–water partition coefficient (Wildman–Crippen LogP) is 3.35. The lowest BCUT2D eigenvalue weighted by Crippen LogP contribution is -2.49. The molecule has 4 rings (SSSR count). The summed E-state index contributed by atoms with van der Waals surface area (Å²) in [6.45, 7) is 8.68. The zero-order chi connectivity index (χ0) is 21.4. The summed E-state index contributed by atoms with van der Waals surface area (Å²) in [5, 5.41) is 6.75. The van der Waals surface area contributed by atoms with E-state index in [0.29, 0.717) is 28.5 Å². The molecule has 2 N–H and O–H groups in total. The van der Waals surface area contributed by atoms with E-state index in [1.54, 1.807) is 16.0 Å². The fourth-order valence-corrected chi connectivity index (χ4v) is 5.08. The summed E-state index contributed by atoms with van der Waals surface area (Å²) in [4.78, 5) is 46.8. The van der Waals surface area contributed by atoms with Crippen LogP contribution in [0.2, 0.25) is 0 Å². The number of aromatic nitrogens is 1. The van der Waals surface area contributed by atoms with Gasteiger partial charge in [0.25, 0.3) is 5.91 Å². The third kappa shape index (κ3) is 3.43. The average molecular weight is 428 g/mol. The van der Waals surface area contributed by atoms with Crippen molar-refractivity contribution in [2.24, 2.45) is 0 Å². The van der Waals surface area contributed by atoms with E-state index in [0.717, 1.165) is 30.3 Å². The van der Waals surface area contributed by atoms with Crippen LogP contribution in [0.15, 0.2) is 24.9 Å². The van der Waals surface area contributed by atoms with Crippen LogP contribution in [0.25, 0.3) is 10.2 Å². The van der Waals surface area contributed by atoms with Gasteiger partial charge in [0, 0.05) is 31.4 Å². The van der Waals surface area contributed by atoms with E-state index < -0.39 is 0 Å². The van der Waals surface area contributed by atoms with Crippen molar-refractivity contribution in [1.29, 1.82) is 0 Å². The van der Waals surface area contributed by atoms with Crippen molar-refractivity contribution in [3.05, 3.63) is 29.8 Å². The van der Waals surface area contributed by atoms with Crippen molar-refractivity contribution in [3.63, 3.8) is 0 Å². The molecule has 4 amide bonds. The fourth-order valence-electron chi connectivity index (χ4n) is 4.06. The van der Waals surface area contributed by atoms with Gasteiger partial charge in [-0.15, -0.1) is 11.3 Å². The maximum atomic E-state index is 13.1. The molecule has 2 aliphatic rings. The second-order valence-electron chi connectivity index (χ2n) is 7.67. The summed E-state index contributed by atoms with van der Waals surface area (Å²) in [6, 6.07) is 1.47. The van der Waals surface area contributed by atoms with Crippen LogP contribution < -0.4 is 15.5 Å². The number of hydrogen-bond donors (Lipinski definition) is 2. The second-order valence-corrected chi connectivity index (χ2v) is 8.67. The number of piperidine rings is 1. The van der Waals surface area contributed by atoms with Crippen LogP contribution in [-0.2, 0) is 4.79 Å². The summed E-state index contributed by atoms with van der Waals surface area (Å²) >= 11 is 1.27. The number of rotatable bonds is 5. The van der Waals surface area contributed by atoms with Crippen LogP contribution in [0, 0.1) is 0 Å². The lowest BCUT2D eigenvalue weighted by molar-refractivity contribution is -0.127. The highest BCUT2D eigenvalue weighted by molar-refractivity contribution is 7.21. The first-order valence-corrected chi connectivity index (χ1v) is 11.0. The number of carbonyl (C=O) groups excluding carboxylic acids is 3. The first kappa shape index (κ1) is 20.3. The summed E-state index contributed by atoms with van der Waals surface area (Å²) < 4.78 is 0. The molecule has 158 valence electrons. The quantitative estimate of drug-likeness (QED) is 0.716. The number of likely N-dealkylation sites (tertiary alicyclic amines) is 1. The number of hydrogen-bond acceptors (Lipinski definition) is 5. The summed E-state index contributed by atoms with van der Waals surface area (Å²) in [5.41, 5.74) is 1.30. The van der Waals surface area contributed by atoms with Crippen LogP contribution in [0.4, 0.5) is 16.2 Å². The van der Waals surface area contributed by atoms with Gasteiger partial charge in [-0.3, -0.25) is 14.5 Å².